The van der Waals surface area contributed by atoms with Crippen molar-refractivity contribution in [1.82, 2.24) is 10.6 Å². The molecule has 1 aromatic rings. The Morgan fingerprint density at radius 3 is 2.42 bits per heavy atom. The first kappa shape index (κ1) is 21.4. The van der Waals surface area contributed by atoms with Crippen LogP contribution in [0, 0.1) is 0 Å². The van der Waals surface area contributed by atoms with E-state index in [1.807, 2.05) is 11.8 Å². The van der Waals surface area contributed by atoms with Gasteiger partial charge in [0, 0.05) is 24.9 Å². The molecule has 24 heavy (non-hydrogen) atoms. The Bertz CT molecular complexity index is 534. The minimum atomic E-state index is -4.29. The highest BCUT2D eigenvalue weighted by Crippen LogP contribution is 2.29. The Kier molecular flexibility index (Phi) is 8.69. The molecule has 136 valence electrons. The predicted octanol–water partition coefficient (Wildman–Crippen LogP) is 4.27. The summed E-state index contributed by atoms with van der Waals surface area (Å²) in [6.07, 6.45) is 1.27. The van der Waals surface area contributed by atoms with E-state index >= 15 is 0 Å². The molecule has 0 radical (unpaired) electrons. The number of aliphatic imine (C=N–C) groups is 1. The van der Waals surface area contributed by atoms with Gasteiger partial charge in [0.25, 0.3) is 0 Å². The van der Waals surface area contributed by atoms with Gasteiger partial charge in [-0.25, -0.2) is 0 Å². The lowest BCUT2D eigenvalue weighted by Crippen LogP contribution is -2.42. The largest absolute Gasteiger partial charge is 0.416 e. The zero-order valence-electron chi connectivity index (χ0n) is 13.7. The van der Waals surface area contributed by atoms with Gasteiger partial charge in [0.15, 0.2) is 5.96 Å². The van der Waals surface area contributed by atoms with Gasteiger partial charge in [-0.1, -0.05) is 12.1 Å². The summed E-state index contributed by atoms with van der Waals surface area (Å²) in [7, 11) is 1.70. The third-order valence-electron chi connectivity index (χ3n) is 4.02. The van der Waals surface area contributed by atoms with Crippen LogP contribution >= 0.6 is 35.7 Å². The first-order chi connectivity index (χ1) is 10.9. The van der Waals surface area contributed by atoms with Crippen LogP contribution in [0.5, 0.6) is 0 Å². The van der Waals surface area contributed by atoms with Gasteiger partial charge >= 0.3 is 6.18 Å². The summed E-state index contributed by atoms with van der Waals surface area (Å²) >= 11 is 1.89. The summed E-state index contributed by atoms with van der Waals surface area (Å²) in [5, 5.41) is 7.23. The Labute approximate surface area is 162 Å². The fourth-order valence-electron chi connectivity index (χ4n) is 2.67. The Morgan fingerprint density at radius 2 is 1.92 bits per heavy atom. The minimum Gasteiger partial charge on any atom is -0.354 e. The highest BCUT2D eigenvalue weighted by molar-refractivity contribution is 14.0. The lowest BCUT2D eigenvalue weighted by molar-refractivity contribution is -0.137. The summed E-state index contributed by atoms with van der Waals surface area (Å²) < 4.78 is 37.6. The van der Waals surface area contributed by atoms with E-state index < -0.39 is 11.7 Å². The van der Waals surface area contributed by atoms with Crippen LogP contribution in [0.15, 0.2) is 29.3 Å². The molecule has 0 spiro atoms. The molecule has 1 fully saturated rings. The fourth-order valence-corrected chi connectivity index (χ4v) is 3.47. The van der Waals surface area contributed by atoms with Crippen molar-refractivity contribution in [3.8, 4) is 0 Å². The maximum atomic E-state index is 12.5. The molecule has 0 bridgehead atoms. The van der Waals surface area contributed by atoms with Crippen LogP contribution < -0.4 is 10.6 Å². The lowest BCUT2D eigenvalue weighted by Gasteiger charge is -2.17. The molecule has 2 N–H and O–H groups in total. The van der Waals surface area contributed by atoms with E-state index in [0.29, 0.717) is 23.8 Å². The van der Waals surface area contributed by atoms with Crippen molar-refractivity contribution in [2.45, 2.75) is 43.3 Å². The number of alkyl halides is 3. The van der Waals surface area contributed by atoms with Crippen LogP contribution in [0.1, 0.15) is 30.4 Å². The van der Waals surface area contributed by atoms with Crippen molar-refractivity contribution in [2.75, 3.05) is 13.3 Å². The Hall–Kier alpha value is -0.640. The molecule has 0 aromatic heterocycles. The molecule has 1 aliphatic rings. The monoisotopic (exact) mass is 473 g/mol. The number of hydrogen-bond acceptors (Lipinski definition) is 2. The van der Waals surface area contributed by atoms with Gasteiger partial charge in [-0.05, 0) is 43.2 Å². The van der Waals surface area contributed by atoms with Gasteiger partial charge in [-0.3, -0.25) is 4.99 Å². The van der Waals surface area contributed by atoms with Crippen LogP contribution in [0.2, 0.25) is 0 Å². The van der Waals surface area contributed by atoms with E-state index in [1.54, 1.807) is 7.05 Å². The predicted molar refractivity (Wildman–Crippen MR) is 105 cm³/mol. The van der Waals surface area contributed by atoms with E-state index in [9.17, 15) is 13.2 Å². The second kappa shape index (κ2) is 9.74. The lowest BCUT2D eigenvalue weighted by atomic mass is 10.1. The van der Waals surface area contributed by atoms with Crippen LogP contribution in [0.4, 0.5) is 13.2 Å². The molecule has 1 aliphatic carbocycles. The molecular weight excluding hydrogens is 450 g/mol. The van der Waals surface area contributed by atoms with Crippen LogP contribution in [0.3, 0.4) is 0 Å². The molecule has 0 saturated heterocycles. The topological polar surface area (TPSA) is 36.4 Å². The normalized spacial score (nSPS) is 21.3. The highest BCUT2D eigenvalue weighted by Gasteiger charge is 2.30. The average Bonchev–Trinajstić information content (AvgIpc) is 2.98. The van der Waals surface area contributed by atoms with Gasteiger partial charge in [-0.2, -0.15) is 24.9 Å². The SMILES string of the molecule is CN=C(NCc1ccc(C(F)(F)F)cc1)NC1CCC(SC)C1.I. The molecule has 8 heteroatoms. The van der Waals surface area contributed by atoms with Crippen molar-refractivity contribution in [3.05, 3.63) is 35.4 Å². The third kappa shape index (κ3) is 6.34. The van der Waals surface area contributed by atoms with Crippen LogP contribution in [-0.2, 0) is 12.7 Å². The minimum absolute atomic E-state index is 0. The molecule has 2 rings (SSSR count). The van der Waals surface area contributed by atoms with Crippen molar-refractivity contribution < 1.29 is 13.2 Å². The van der Waals surface area contributed by atoms with Gasteiger partial charge in [0.05, 0.1) is 5.56 Å². The van der Waals surface area contributed by atoms with Crippen molar-refractivity contribution in [2.24, 2.45) is 4.99 Å². The fraction of sp³-hybridized carbons (Fsp3) is 0.562. The van der Waals surface area contributed by atoms with Gasteiger partial charge in [0.2, 0.25) is 0 Å². The van der Waals surface area contributed by atoms with Gasteiger partial charge < -0.3 is 10.6 Å². The van der Waals surface area contributed by atoms with Gasteiger partial charge in [-0.15, -0.1) is 24.0 Å². The molecular formula is C16H23F3IN3S. The van der Waals surface area contributed by atoms with E-state index in [1.165, 1.54) is 18.6 Å². The summed E-state index contributed by atoms with van der Waals surface area (Å²) in [4.78, 5) is 4.18. The Morgan fingerprint density at radius 1 is 1.25 bits per heavy atom. The summed E-state index contributed by atoms with van der Waals surface area (Å²) in [6, 6.07) is 5.59. The number of rotatable bonds is 4. The van der Waals surface area contributed by atoms with Crippen molar-refractivity contribution in [1.29, 1.82) is 0 Å². The average molecular weight is 473 g/mol. The van der Waals surface area contributed by atoms with Crippen molar-refractivity contribution in [3.63, 3.8) is 0 Å². The molecule has 0 aliphatic heterocycles. The first-order valence-electron chi connectivity index (χ1n) is 7.58. The molecule has 3 nitrogen and oxygen atoms in total. The standard InChI is InChI=1S/C16H22F3N3S.HI/c1-20-15(22-13-7-8-14(9-13)23-2)21-10-11-3-5-12(6-4-11)16(17,18)19;/h3-6,13-14H,7-10H2,1-2H3,(H2,20,21,22);1H. The van der Waals surface area contributed by atoms with E-state index in [-0.39, 0.29) is 24.0 Å². The summed E-state index contributed by atoms with van der Waals surface area (Å²) in [6.45, 7) is 0.441. The highest BCUT2D eigenvalue weighted by atomic mass is 127. The smallest absolute Gasteiger partial charge is 0.354 e. The zero-order chi connectivity index (χ0) is 16.9. The van der Waals surface area contributed by atoms with E-state index in [2.05, 4.69) is 21.9 Å². The number of benzene rings is 1. The third-order valence-corrected chi connectivity index (χ3v) is 5.12. The summed E-state index contributed by atoms with van der Waals surface area (Å²) in [5.41, 5.74) is 0.159. The zero-order valence-corrected chi connectivity index (χ0v) is 16.8. The van der Waals surface area contributed by atoms with E-state index in [0.717, 1.165) is 30.5 Å². The summed E-state index contributed by atoms with van der Waals surface area (Å²) in [5.74, 6) is 0.691. The quantitative estimate of drug-likeness (QED) is 0.390. The second-order valence-electron chi connectivity index (χ2n) is 5.63. The van der Waals surface area contributed by atoms with E-state index in [4.69, 9.17) is 0 Å². The number of hydrogen-bond donors (Lipinski definition) is 2. The van der Waals surface area contributed by atoms with Crippen LogP contribution in [0.25, 0.3) is 0 Å². The maximum Gasteiger partial charge on any atom is 0.416 e. The first-order valence-corrected chi connectivity index (χ1v) is 8.87. The molecule has 2 unspecified atom stereocenters. The second-order valence-corrected chi connectivity index (χ2v) is 6.77. The number of nitrogens with zero attached hydrogens (tertiary/aromatic N) is 1. The number of nitrogens with one attached hydrogen (secondary N) is 2. The van der Waals surface area contributed by atoms with Crippen LogP contribution in [-0.4, -0.2) is 30.6 Å². The number of guanidine groups is 1. The van der Waals surface area contributed by atoms with Gasteiger partial charge in [0.1, 0.15) is 0 Å². The molecule has 1 saturated carbocycles. The van der Waals surface area contributed by atoms with Crippen molar-refractivity contribution >= 4 is 41.7 Å². The molecule has 2 atom stereocenters. The Balaban J connectivity index is 0.00000288. The molecule has 1 aromatic carbocycles. The number of halogens is 4. The number of thioether (sulfide) groups is 1. The molecule has 0 heterocycles. The maximum absolute atomic E-state index is 12.5. The molecule has 0 amide bonds.